The molecule has 0 radical (unpaired) electrons. The predicted octanol–water partition coefficient (Wildman–Crippen LogP) is 1.22. The molecule has 0 fully saturated rings. The molecule has 1 aromatic rings. The Morgan fingerprint density at radius 1 is 1.47 bits per heavy atom. The van der Waals surface area contributed by atoms with E-state index < -0.39 is 17.0 Å². The van der Waals surface area contributed by atoms with E-state index >= 15 is 0 Å². The van der Waals surface area contributed by atoms with Crippen molar-refractivity contribution in [3.8, 4) is 0 Å². The second-order valence-electron chi connectivity index (χ2n) is 4.71. The summed E-state index contributed by atoms with van der Waals surface area (Å²) in [6, 6.07) is 3.08. The lowest BCUT2D eigenvalue weighted by atomic mass is 10.3. The third-order valence-electron chi connectivity index (χ3n) is 2.09. The van der Waals surface area contributed by atoms with Crippen LogP contribution in [-0.4, -0.2) is 14.9 Å². The van der Waals surface area contributed by atoms with Crippen LogP contribution in [0.15, 0.2) is 12.1 Å². The summed E-state index contributed by atoms with van der Waals surface area (Å²) in [6.07, 6.45) is 0. The number of aromatic carboxylic acids is 1. The molecule has 0 unspecified atom stereocenters. The van der Waals surface area contributed by atoms with Crippen LogP contribution in [0.2, 0.25) is 0 Å². The van der Waals surface area contributed by atoms with Crippen LogP contribution in [0, 0.1) is 0 Å². The maximum Gasteiger partial charge on any atom is 0.0976 e. The summed E-state index contributed by atoms with van der Waals surface area (Å²) >= 11 is 1.14. The first kappa shape index (κ1) is 14.3. The van der Waals surface area contributed by atoms with E-state index in [1.165, 1.54) is 6.07 Å². The van der Waals surface area contributed by atoms with Crippen LogP contribution in [0.25, 0.3) is 0 Å². The van der Waals surface area contributed by atoms with Gasteiger partial charge < -0.3 is 9.90 Å². The van der Waals surface area contributed by atoms with Gasteiger partial charge in [0.1, 0.15) is 0 Å². The zero-order valence-electron chi connectivity index (χ0n) is 10.3. The fourth-order valence-corrected chi connectivity index (χ4v) is 2.81. The molecule has 0 saturated carbocycles. The Kier molecular flexibility index (Phi) is 4.46. The number of carboxylic acid groups (broad SMARTS) is 1. The number of rotatable bonds is 4. The Morgan fingerprint density at radius 2 is 2.06 bits per heavy atom. The minimum absolute atomic E-state index is 0.145. The molecule has 4 nitrogen and oxygen atoms in total. The fourth-order valence-electron chi connectivity index (χ4n) is 1.09. The molecule has 2 atom stereocenters. The second kappa shape index (κ2) is 5.29. The number of hydrogen-bond acceptors (Lipinski definition) is 4. The zero-order valence-corrected chi connectivity index (χ0v) is 11.9. The highest BCUT2D eigenvalue weighted by Crippen LogP contribution is 2.24. The van der Waals surface area contributed by atoms with Gasteiger partial charge in [-0.05, 0) is 39.8 Å². The summed E-state index contributed by atoms with van der Waals surface area (Å²) in [5.74, 6) is -1.18. The largest absolute Gasteiger partial charge is 0.544 e. The molecule has 0 spiro atoms. The minimum atomic E-state index is -1.18. The number of carbonyl (C=O) groups is 1. The number of carbonyl (C=O) groups excluding carboxylic acids is 1. The second-order valence-corrected chi connectivity index (χ2v) is 7.82. The maximum absolute atomic E-state index is 11.9. The van der Waals surface area contributed by atoms with E-state index in [0.717, 1.165) is 16.2 Å². The molecule has 0 saturated heterocycles. The van der Waals surface area contributed by atoms with E-state index in [9.17, 15) is 14.1 Å². The molecule has 1 N–H and O–H groups in total. The van der Waals surface area contributed by atoms with E-state index in [1.807, 2.05) is 27.7 Å². The standard InChI is InChI=1S/C11H17NO3S2/c1-7(12-17(15)11(2,3)4)8-5-6-9(16-8)10(13)14/h5-7,12H,1-4H3,(H,13,14)/p-1/t7-,17+/m1/s1. The third kappa shape index (κ3) is 3.90. The van der Waals surface area contributed by atoms with Gasteiger partial charge in [0.2, 0.25) is 0 Å². The van der Waals surface area contributed by atoms with Crippen molar-refractivity contribution in [1.29, 1.82) is 0 Å². The SMILES string of the molecule is C[C@@H](N[S@@](=O)C(C)(C)C)c1ccc(C(=O)[O-])s1. The van der Waals surface area contributed by atoms with Gasteiger partial charge in [0.05, 0.1) is 32.6 Å². The van der Waals surface area contributed by atoms with E-state index in [0.29, 0.717) is 0 Å². The molecule has 6 heteroatoms. The molecule has 1 aromatic heterocycles. The van der Waals surface area contributed by atoms with Crippen molar-refractivity contribution in [3.63, 3.8) is 0 Å². The van der Waals surface area contributed by atoms with Gasteiger partial charge in [-0.1, -0.05) is 0 Å². The highest BCUT2D eigenvalue weighted by Gasteiger charge is 2.22. The lowest BCUT2D eigenvalue weighted by Gasteiger charge is -2.21. The molecular weight excluding hydrogens is 258 g/mol. The molecular formula is C11H16NO3S2-. The zero-order chi connectivity index (χ0) is 13.2. The Morgan fingerprint density at radius 3 is 2.47 bits per heavy atom. The summed E-state index contributed by atoms with van der Waals surface area (Å²) in [5, 5.41) is 10.6. The van der Waals surface area contributed by atoms with Crippen LogP contribution in [0.3, 0.4) is 0 Å². The number of nitrogens with one attached hydrogen (secondary N) is 1. The van der Waals surface area contributed by atoms with Gasteiger partial charge >= 0.3 is 0 Å². The van der Waals surface area contributed by atoms with E-state index in [1.54, 1.807) is 6.07 Å². The molecule has 0 amide bonds. The summed E-state index contributed by atoms with van der Waals surface area (Å²) in [7, 11) is -1.18. The lowest BCUT2D eigenvalue weighted by Crippen LogP contribution is -2.34. The molecule has 17 heavy (non-hydrogen) atoms. The Hall–Kier alpha value is -0.720. The Balaban J connectivity index is 2.73. The van der Waals surface area contributed by atoms with Gasteiger partial charge in [0, 0.05) is 4.88 Å². The number of hydrogen-bond donors (Lipinski definition) is 1. The molecule has 0 aliphatic rings. The molecule has 0 aromatic carbocycles. The van der Waals surface area contributed by atoms with Crippen molar-refractivity contribution in [2.75, 3.05) is 0 Å². The predicted molar refractivity (Wildman–Crippen MR) is 68.1 cm³/mol. The minimum Gasteiger partial charge on any atom is -0.544 e. The highest BCUT2D eigenvalue weighted by molar-refractivity contribution is 7.84. The third-order valence-corrected chi connectivity index (χ3v) is 5.02. The van der Waals surface area contributed by atoms with Gasteiger partial charge in [0.25, 0.3) is 0 Å². The first-order chi connectivity index (χ1) is 7.71. The number of thiophene rings is 1. The van der Waals surface area contributed by atoms with Crippen LogP contribution in [0.4, 0.5) is 0 Å². The van der Waals surface area contributed by atoms with E-state index in [2.05, 4.69) is 4.72 Å². The molecule has 0 aliphatic heterocycles. The van der Waals surface area contributed by atoms with Crippen molar-refractivity contribution >= 4 is 28.3 Å². The van der Waals surface area contributed by atoms with Gasteiger partial charge in [0.15, 0.2) is 0 Å². The van der Waals surface area contributed by atoms with Crippen LogP contribution in [0.5, 0.6) is 0 Å². The Bertz CT molecular complexity index is 434. The molecule has 96 valence electrons. The van der Waals surface area contributed by atoms with Crippen molar-refractivity contribution in [1.82, 2.24) is 4.72 Å². The Labute approximate surface area is 108 Å². The highest BCUT2D eigenvalue weighted by atomic mass is 32.2. The average Bonchev–Trinajstić information content (AvgIpc) is 2.64. The van der Waals surface area contributed by atoms with Gasteiger partial charge in [-0.25, -0.2) is 8.93 Å². The van der Waals surface area contributed by atoms with Crippen LogP contribution >= 0.6 is 11.3 Å². The molecule has 0 bridgehead atoms. The normalized spacial score (nSPS) is 15.5. The van der Waals surface area contributed by atoms with Gasteiger partial charge in [-0.2, -0.15) is 0 Å². The van der Waals surface area contributed by atoms with E-state index in [-0.39, 0.29) is 15.7 Å². The van der Waals surface area contributed by atoms with Gasteiger partial charge in [-0.3, -0.25) is 0 Å². The van der Waals surface area contributed by atoms with Crippen molar-refractivity contribution in [2.24, 2.45) is 0 Å². The van der Waals surface area contributed by atoms with Crippen molar-refractivity contribution in [2.45, 2.75) is 38.5 Å². The molecule has 1 heterocycles. The molecule has 0 aliphatic carbocycles. The quantitative estimate of drug-likeness (QED) is 0.897. The van der Waals surface area contributed by atoms with E-state index in [4.69, 9.17) is 0 Å². The monoisotopic (exact) mass is 274 g/mol. The van der Waals surface area contributed by atoms with Crippen LogP contribution < -0.4 is 9.83 Å². The first-order valence-corrected chi connectivity index (χ1v) is 7.17. The summed E-state index contributed by atoms with van der Waals surface area (Å²) in [6.45, 7) is 7.49. The maximum atomic E-state index is 11.9. The summed E-state index contributed by atoms with van der Waals surface area (Å²) < 4.78 is 14.5. The van der Waals surface area contributed by atoms with Gasteiger partial charge in [-0.15, -0.1) is 11.3 Å². The molecule has 1 rings (SSSR count). The summed E-state index contributed by atoms with van der Waals surface area (Å²) in [4.78, 5) is 11.7. The summed E-state index contributed by atoms with van der Waals surface area (Å²) in [5.41, 5.74) is 0. The smallest absolute Gasteiger partial charge is 0.0976 e. The van der Waals surface area contributed by atoms with Crippen LogP contribution in [0.1, 0.15) is 48.3 Å². The fraction of sp³-hybridized carbons (Fsp3) is 0.545. The first-order valence-electron chi connectivity index (χ1n) is 5.21. The van der Waals surface area contributed by atoms with Crippen molar-refractivity contribution in [3.05, 3.63) is 21.9 Å². The average molecular weight is 274 g/mol. The number of carboxylic acids is 1. The lowest BCUT2D eigenvalue weighted by molar-refractivity contribution is -0.254. The van der Waals surface area contributed by atoms with Crippen molar-refractivity contribution < 1.29 is 14.1 Å². The van der Waals surface area contributed by atoms with Crippen LogP contribution in [-0.2, 0) is 11.0 Å². The topological polar surface area (TPSA) is 69.2 Å².